The third-order valence-electron chi connectivity index (χ3n) is 4.54. The summed E-state index contributed by atoms with van der Waals surface area (Å²) in [6.45, 7) is 4.15. The van der Waals surface area contributed by atoms with Crippen LogP contribution in [0.15, 0.2) is 24.9 Å². The average Bonchev–Trinajstić information content (AvgIpc) is 3.25. The fourth-order valence-electron chi connectivity index (χ4n) is 3.40. The van der Waals surface area contributed by atoms with Crippen molar-refractivity contribution in [1.82, 2.24) is 29.3 Å². The monoisotopic (exact) mass is 342 g/mol. The first-order valence-corrected chi connectivity index (χ1v) is 8.77. The van der Waals surface area contributed by atoms with Crippen LogP contribution in [0.25, 0.3) is 0 Å². The highest BCUT2D eigenvalue weighted by Gasteiger charge is 2.32. The molecular formula is C18H26N6O. The van der Waals surface area contributed by atoms with Crippen molar-refractivity contribution in [3.63, 3.8) is 0 Å². The lowest BCUT2D eigenvalue weighted by Gasteiger charge is -2.27. The van der Waals surface area contributed by atoms with Crippen LogP contribution in [0, 0.1) is 6.92 Å². The Labute approximate surface area is 148 Å². The maximum atomic E-state index is 12.8. The highest BCUT2D eigenvalue weighted by molar-refractivity contribution is 5.77. The second kappa shape index (κ2) is 7.74. The zero-order chi connectivity index (χ0) is 17.8. The highest BCUT2D eigenvalue weighted by atomic mass is 16.2. The Hall–Kier alpha value is -2.28. The molecule has 0 radical (unpaired) electrons. The molecular weight excluding hydrogens is 316 g/mol. The van der Waals surface area contributed by atoms with Crippen LogP contribution in [0.3, 0.4) is 0 Å². The predicted molar refractivity (Wildman–Crippen MR) is 94.7 cm³/mol. The molecule has 25 heavy (non-hydrogen) atoms. The van der Waals surface area contributed by atoms with Crippen LogP contribution < -0.4 is 0 Å². The number of likely N-dealkylation sites (tertiary alicyclic amines) is 1. The first-order valence-electron chi connectivity index (χ1n) is 8.77. The first-order chi connectivity index (χ1) is 12.0. The van der Waals surface area contributed by atoms with Crippen LogP contribution in [-0.2, 0) is 17.9 Å². The van der Waals surface area contributed by atoms with Gasteiger partial charge in [-0.25, -0.2) is 15.0 Å². The van der Waals surface area contributed by atoms with Gasteiger partial charge in [0, 0.05) is 50.2 Å². The molecule has 2 aromatic heterocycles. The number of rotatable bonds is 6. The Balaban J connectivity index is 1.76. The molecule has 0 saturated carbocycles. The van der Waals surface area contributed by atoms with Crippen LogP contribution >= 0.6 is 0 Å². The van der Waals surface area contributed by atoms with Gasteiger partial charge in [-0.05, 0) is 33.9 Å². The van der Waals surface area contributed by atoms with Gasteiger partial charge in [0.15, 0.2) is 0 Å². The lowest BCUT2D eigenvalue weighted by atomic mass is 10.1. The van der Waals surface area contributed by atoms with E-state index in [0.717, 1.165) is 43.0 Å². The molecule has 0 N–H and O–H groups in total. The van der Waals surface area contributed by atoms with Crippen LogP contribution in [-0.4, -0.2) is 55.9 Å². The SMILES string of the molecule is Cc1ncc(CN(C)C)c([C@H]2CCCN2C(=O)CCn2ccnc2)n1. The summed E-state index contributed by atoms with van der Waals surface area (Å²) in [4.78, 5) is 30.0. The standard InChI is InChI=1S/C18H26N6O/c1-14-20-11-15(12-22(2)3)18(21-14)16-5-4-8-24(16)17(25)6-9-23-10-7-19-13-23/h7,10-11,13,16H,4-6,8-9,12H2,1-3H3/t16-/m1/s1. The lowest BCUT2D eigenvalue weighted by molar-refractivity contribution is -0.132. The molecule has 134 valence electrons. The van der Waals surface area contributed by atoms with E-state index < -0.39 is 0 Å². The van der Waals surface area contributed by atoms with E-state index in [9.17, 15) is 4.79 Å². The summed E-state index contributed by atoms with van der Waals surface area (Å²) in [5.74, 6) is 0.943. The van der Waals surface area contributed by atoms with Gasteiger partial charge in [-0.3, -0.25) is 4.79 Å². The second-order valence-electron chi connectivity index (χ2n) is 6.86. The molecule has 0 unspecified atom stereocenters. The minimum absolute atomic E-state index is 0.0620. The smallest absolute Gasteiger partial charge is 0.224 e. The second-order valence-corrected chi connectivity index (χ2v) is 6.86. The zero-order valence-electron chi connectivity index (χ0n) is 15.2. The maximum Gasteiger partial charge on any atom is 0.224 e. The number of aromatic nitrogens is 4. The largest absolute Gasteiger partial charge is 0.337 e. The molecule has 1 amide bonds. The fourth-order valence-corrected chi connectivity index (χ4v) is 3.40. The molecule has 1 aliphatic heterocycles. The van der Waals surface area contributed by atoms with Gasteiger partial charge in [0.2, 0.25) is 5.91 Å². The van der Waals surface area contributed by atoms with E-state index in [2.05, 4.69) is 14.9 Å². The van der Waals surface area contributed by atoms with Crippen molar-refractivity contribution in [1.29, 1.82) is 0 Å². The third kappa shape index (κ3) is 4.22. The van der Waals surface area contributed by atoms with E-state index in [1.807, 2.05) is 42.9 Å². The lowest BCUT2D eigenvalue weighted by Crippen LogP contribution is -2.32. The molecule has 1 fully saturated rings. The van der Waals surface area contributed by atoms with Crippen molar-refractivity contribution in [3.8, 4) is 0 Å². The van der Waals surface area contributed by atoms with Crippen molar-refractivity contribution in [2.75, 3.05) is 20.6 Å². The summed E-state index contributed by atoms with van der Waals surface area (Å²) in [6, 6.07) is 0.0620. The molecule has 7 heteroatoms. The van der Waals surface area contributed by atoms with Crippen molar-refractivity contribution in [2.24, 2.45) is 0 Å². The first kappa shape index (κ1) is 17.5. The molecule has 0 bridgehead atoms. The molecule has 3 rings (SSSR count). The number of hydrogen-bond donors (Lipinski definition) is 0. The summed E-state index contributed by atoms with van der Waals surface area (Å²) in [5.41, 5.74) is 2.12. The Morgan fingerprint density at radius 2 is 2.24 bits per heavy atom. The number of hydrogen-bond acceptors (Lipinski definition) is 5. The van der Waals surface area contributed by atoms with Crippen LogP contribution in [0.4, 0.5) is 0 Å². The van der Waals surface area contributed by atoms with Crippen molar-refractivity contribution < 1.29 is 4.79 Å². The Kier molecular flexibility index (Phi) is 5.43. The number of carbonyl (C=O) groups excluding carboxylic acids is 1. The van der Waals surface area contributed by atoms with E-state index in [1.54, 1.807) is 12.5 Å². The number of aryl methyl sites for hydroxylation is 2. The molecule has 1 atom stereocenters. The minimum atomic E-state index is 0.0620. The molecule has 7 nitrogen and oxygen atoms in total. The maximum absolute atomic E-state index is 12.8. The fraction of sp³-hybridized carbons (Fsp3) is 0.556. The predicted octanol–water partition coefficient (Wildman–Crippen LogP) is 1.80. The van der Waals surface area contributed by atoms with Gasteiger partial charge in [0.1, 0.15) is 5.82 Å². The highest BCUT2D eigenvalue weighted by Crippen LogP contribution is 2.33. The van der Waals surface area contributed by atoms with Crippen LogP contribution in [0.1, 0.15) is 42.4 Å². The van der Waals surface area contributed by atoms with Gasteiger partial charge in [-0.15, -0.1) is 0 Å². The van der Waals surface area contributed by atoms with Crippen molar-refractivity contribution in [2.45, 2.75) is 45.3 Å². The number of imidazole rings is 1. The zero-order valence-corrected chi connectivity index (χ0v) is 15.2. The summed E-state index contributed by atoms with van der Waals surface area (Å²) in [7, 11) is 4.07. The van der Waals surface area contributed by atoms with E-state index in [-0.39, 0.29) is 11.9 Å². The van der Waals surface area contributed by atoms with Gasteiger partial charge in [-0.2, -0.15) is 0 Å². The normalized spacial score (nSPS) is 17.4. The summed E-state index contributed by atoms with van der Waals surface area (Å²) in [5, 5.41) is 0. The molecule has 0 spiro atoms. The molecule has 3 heterocycles. The summed E-state index contributed by atoms with van der Waals surface area (Å²) in [6.07, 6.45) is 9.75. The van der Waals surface area contributed by atoms with Gasteiger partial charge in [-0.1, -0.05) is 0 Å². The minimum Gasteiger partial charge on any atom is -0.337 e. The quantitative estimate of drug-likeness (QED) is 0.801. The molecule has 0 aromatic carbocycles. The summed E-state index contributed by atoms with van der Waals surface area (Å²) < 4.78 is 1.94. The van der Waals surface area contributed by atoms with Gasteiger partial charge in [0.25, 0.3) is 0 Å². The summed E-state index contributed by atoms with van der Waals surface area (Å²) >= 11 is 0. The Morgan fingerprint density at radius 3 is 2.96 bits per heavy atom. The Morgan fingerprint density at radius 1 is 1.40 bits per heavy atom. The third-order valence-corrected chi connectivity index (χ3v) is 4.54. The Bertz CT molecular complexity index is 712. The van der Waals surface area contributed by atoms with Gasteiger partial charge in [0.05, 0.1) is 18.1 Å². The topological polar surface area (TPSA) is 67.2 Å². The van der Waals surface area contributed by atoms with Crippen LogP contribution in [0.5, 0.6) is 0 Å². The van der Waals surface area contributed by atoms with E-state index in [0.29, 0.717) is 13.0 Å². The van der Waals surface area contributed by atoms with Crippen molar-refractivity contribution in [3.05, 3.63) is 42.0 Å². The van der Waals surface area contributed by atoms with Gasteiger partial charge < -0.3 is 14.4 Å². The van der Waals surface area contributed by atoms with E-state index >= 15 is 0 Å². The van der Waals surface area contributed by atoms with E-state index in [1.165, 1.54) is 0 Å². The molecule has 1 aliphatic rings. The molecule has 0 aliphatic carbocycles. The average molecular weight is 342 g/mol. The van der Waals surface area contributed by atoms with E-state index in [4.69, 9.17) is 4.98 Å². The number of amides is 1. The van der Waals surface area contributed by atoms with Gasteiger partial charge >= 0.3 is 0 Å². The molecule has 1 saturated heterocycles. The number of nitrogens with zero attached hydrogens (tertiary/aromatic N) is 6. The van der Waals surface area contributed by atoms with Crippen LogP contribution in [0.2, 0.25) is 0 Å². The number of carbonyl (C=O) groups is 1. The van der Waals surface area contributed by atoms with Crippen molar-refractivity contribution >= 4 is 5.91 Å². The molecule has 2 aromatic rings.